The molecular formula is C15H19N5O3. The number of amides is 1. The van der Waals surface area contributed by atoms with Gasteiger partial charge in [0.2, 0.25) is 0 Å². The molecule has 1 amide bonds. The van der Waals surface area contributed by atoms with Crippen LogP contribution >= 0.6 is 0 Å². The van der Waals surface area contributed by atoms with Gasteiger partial charge in [0.15, 0.2) is 17.4 Å². The van der Waals surface area contributed by atoms with E-state index in [1.165, 1.54) is 6.26 Å². The molecule has 0 aliphatic carbocycles. The Bertz CT molecular complexity index is 715. The number of nitrogens with one attached hydrogen (secondary N) is 1. The summed E-state index contributed by atoms with van der Waals surface area (Å²) in [5.41, 5.74) is 1.12. The number of nitrogens with zero attached hydrogens (tertiary/aromatic N) is 4. The Balaban J connectivity index is 1.92. The van der Waals surface area contributed by atoms with Crippen molar-refractivity contribution in [2.75, 3.05) is 32.1 Å². The molecule has 1 N–H and O–H groups in total. The van der Waals surface area contributed by atoms with Gasteiger partial charge in [0.1, 0.15) is 18.1 Å². The standard InChI is InChI=1S/C15H19N5O3/c1-9-6-13(16-3)19-14(17-9)12-8-22-5-4-20(12)15(21)11-7-23-10(2)18-11/h6-7,12H,4-5,8H2,1-3H3,(H,16,17,19). The van der Waals surface area contributed by atoms with E-state index in [0.29, 0.717) is 37.3 Å². The summed E-state index contributed by atoms with van der Waals surface area (Å²) in [6.07, 6.45) is 1.38. The zero-order valence-corrected chi connectivity index (χ0v) is 13.4. The summed E-state index contributed by atoms with van der Waals surface area (Å²) < 4.78 is 10.7. The molecule has 23 heavy (non-hydrogen) atoms. The van der Waals surface area contributed by atoms with E-state index in [4.69, 9.17) is 9.15 Å². The molecule has 1 unspecified atom stereocenters. The number of hydrogen-bond acceptors (Lipinski definition) is 7. The lowest BCUT2D eigenvalue weighted by molar-refractivity contribution is -0.00554. The third-order valence-electron chi connectivity index (χ3n) is 3.65. The topological polar surface area (TPSA) is 93.4 Å². The summed E-state index contributed by atoms with van der Waals surface area (Å²) in [7, 11) is 1.80. The third-order valence-corrected chi connectivity index (χ3v) is 3.65. The van der Waals surface area contributed by atoms with Crippen LogP contribution in [0, 0.1) is 13.8 Å². The van der Waals surface area contributed by atoms with Gasteiger partial charge < -0.3 is 19.4 Å². The number of anilines is 1. The first-order valence-corrected chi connectivity index (χ1v) is 7.42. The number of carbonyl (C=O) groups excluding carboxylic acids is 1. The summed E-state index contributed by atoms with van der Waals surface area (Å²) in [5.74, 6) is 1.53. The highest BCUT2D eigenvalue weighted by Gasteiger charge is 2.33. The lowest BCUT2D eigenvalue weighted by Crippen LogP contribution is -2.44. The van der Waals surface area contributed by atoms with Crippen LogP contribution in [0.25, 0.3) is 0 Å². The number of carbonyl (C=O) groups is 1. The minimum absolute atomic E-state index is 0.203. The highest BCUT2D eigenvalue weighted by molar-refractivity contribution is 5.92. The lowest BCUT2D eigenvalue weighted by Gasteiger charge is -2.34. The van der Waals surface area contributed by atoms with Crippen molar-refractivity contribution >= 4 is 11.7 Å². The van der Waals surface area contributed by atoms with Gasteiger partial charge in [-0.1, -0.05) is 0 Å². The maximum Gasteiger partial charge on any atom is 0.276 e. The Morgan fingerprint density at radius 2 is 2.17 bits per heavy atom. The first kappa shape index (κ1) is 15.4. The first-order chi connectivity index (χ1) is 11.1. The van der Waals surface area contributed by atoms with Crippen LogP contribution < -0.4 is 5.32 Å². The molecule has 1 saturated heterocycles. The van der Waals surface area contributed by atoms with Crippen molar-refractivity contribution in [3.8, 4) is 0 Å². The molecule has 1 fully saturated rings. The molecule has 2 aromatic heterocycles. The predicted molar refractivity (Wildman–Crippen MR) is 82.2 cm³/mol. The Hall–Kier alpha value is -2.48. The molecule has 0 saturated carbocycles. The van der Waals surface area contributed by atoms with Gasteiger partial charge in [0.25, 0.3) is 5.91 Å². The SMILES string of the molecule is CNc1cc(C)nc(C2COCCN2C(=O)c2coc(C)n2)n1. The normalized spacial score (nSPS) is 18.0. The monoisotopic (exact) mass is 317 g/mol. The second-order valence-electron chi connectivity index (χ2n) is 5.34. The highest BCUT2D eigenvalue weighted by Crippen LogP contribution is 2.24. The molecule has 8 heteroatoms. The van der Waals surface area contributed by atoms with Crippen molar-refractivity contribution in [1.82, 2.24) is 19.9 Å². The molecule has 0 aromatic carbocycles. The van der Waals surface area contributed by atoms with E-state index in [2.05, 4.69) is 20.3 Å². The van der Waals surface area contributed by atoms with Gasteiger partial charge in [-0.05, 0) is 6.92 Å². The van der Waals surface area contributed by atoms with Gasteiger partial charge in [-0.25, -0.2) is 15.0 Å². The van der Waals surface area contributed by atoms with Gasteiger partial charge in [-0.3, -0.25) is 4.79 Å². The van der Waals surface area contributed by atoms with Crippen molar-refractivity contribution < 1.29 is 13.9 Å². The van der Waals surface area contributed by atoms with E-state index in [1.807, 2.05) is 13.0 Å². The van der Waals surface area contributed by atoms with Gasteiger partial charge in [0, 0.05) is 32.3 Å². The van der Waals surface area contributed by atoms with Crippen molar-refractivity contribution in [3.63, 3.8) is 0 Å². The van der Waals surface area contributed by atoms with Crippen LogP contribution in [-0.4, -0.2) is 52.6 Å². The number of morpholine rings is 1. The number of ether oxygens (including phenoxy) is 1. The van der Waals surface area contributed by atoms with Crippen molar-refractivity contribution in [1.29, 1.82) is 0 Å². The summed E-state index contributed by atoms with van der Waals surface area (Å²) in [4.78, 5) is 27.5. The van der Waals surface area contributed by atoms with Crippen LogP contribution in [0.4, 0.5) is 5.82 Å². The smallest absolute Gasteiger partial charge is 0.276 e. The minimum Gasteiger partial charge on any atom is -0.448 e. The van der Waals surface area contributed by atoms with Crippen molar-refractivity contribution in [3.05, 3.63) is 35.4 Å². The third kappa shape index (κ3) is 3.16. The summed E-state index contributed by atoms with van der Waals surface area (Å²) in [5, 5.41) is 3.00. The Morgan fingerprint density at radius 1 is 1.35 bits per heavy atom. The lowest BCUT2D eigenvalue weighted by atomic mass is 10.2. The molecule has 122 valence electrons. The number of oxazole rings is 1. The molecule has 0 spiro atoms. The van der Waals surface area contributed by atoms with Crippen LogP contribution in [0.3, 0.4) is 0 Å². The van der Waals surface area contributed by atoms with E-state index in [1.54, 1.807) is 18.9 Å². The fourth-order valence-electron chi connectivity index (χ4n) is 2.54. The van der Waals surface area contributed by atoms with Crippen molar-refractivity contribution in [2.45, 2.75) is 19.9 Å². The minimum atomic E-state index is -0.347. The molecule has 0 radical (unpaired) electrons. The molecule has 8 nitrogen and oxygen atoms in total. The van der Waals surface area contributed by atoms with Crippen LogP contribution in [0.1, 0.15) is 33.9 Å². The number of rotatable bonds is 3. The van der Waals surface area contributed by atoms with E-state index in [0.717, 1.165) is 5.69 Å². The van der Waals surface area contributed by atoms with Crippen LogP contribution in [-0.2, 0) is 4.74 Å². The van der Waals surface area contributed by atoms with Gasteiger partial charge in [0.05, 0.1) is 13.2 Å². The van der Waals surface area contributed by atoms with E-state index in [-0.39, 0.29) is 17.6 Å². The molecule has 1 aliphatic heterocycles. The summed E-state index contributed by atoms with van der Waals surface area (Å²) in [6.45, 7) is 4.89. The fraction of sp³-hybridized carbons (Fsp3) is 0.467. The quantitative estimate of drug-likeness (QED) is 0.913. The van der Waals surface area contributed by atoms with Crippen molar-refractivity contribution in [2.24, 2.45) is 0 Å². The number of hydrogen-bond donors (Lipinski definition) is 1. The molecule has 0 bridgehead atoms. The highest BCUT2D eigenvalue weighted by atomic mass is 16.5. The van der Waals surface area contributed by atoms with Crippen LogP contribution in [0.5, 0.6) is 0 Å². The second kappa shape index (κ2) is 6.33. The zero-order valence-electron chi connectivity index (χ0n) is 13.4. The molecule has 1 atom stereocenters. The summed E-state index contributed by atoms with van der Waals surface area (Å²) in [6, 6.07) is 1.50. The molecule has 1 aliphatic rings. The molecule has 3 rings (SSSR count). The molecule has 2 aromatic rings. The Morgan fingerprint density at radius 3 is 2.87 bits per heavy atom. The number of aryl methyl sites for hydroxylation is 2. The van der Waals surface area contributed by atoms with Gasteiger partial charge in [-0.15, -0.1) is 0 Å². The molecular weight excluding hydrogens is 298 g/mol. The second-order valence-corrected chi connectivity index (χ2v) is 5.34. The average Bonchev–Trinajstić information content (AvgIpc) is 3.00. The average molecular weight is 317 g/mol. The maximum absolute atomic E-state index is 12.7. The Labute approximate surface area is 133 Å². The van der Waals surface area contributed by atoms with Gasteiger partial charge in [-0.2, -0.15) is 0 Å². The maximum atomic E-state index is 12.7. The largest absolute Gasteiger partial charge is 0.448 e. The fourth-order valence-corrected chi connectivity index (χ4v) is 2.54. The Kier molecular flexibility index (Phi) is 4.24. The van der Waals surface area contributed by atoms with Crippen LogP contribution in [0.2, 0.25) is 0 Å². The number of aromatic nitrogens is 3. The molecule has 3 heterocycles. The zero-order chi connectivity index (χ0) is 16.4. The van der Waals surface area contributed by atoms with E-state index in [9.17, 15) is 4.79 Å². The van der Waals surface area contributed by atoms with Crippen LogP contribution in [0.15, 0.2) is 16.7 Å². The van der Waals surface area contributed by atoms with E-state index < -0.39 is 0 Å². The van der Waals surface area contributed by atoms with Gasteiger partial charge >= 0.3 is 0 Å². The first-order valence-electron chi connectivity index (χ1n) is 7.42. The predicted octanol–water partition coefficient (Wildman–Crippen LogP) is 1.34. The van der Waals surface area contributed by atoms with E-state index >= 15 is 0 Å². The summed E-state index contributed by atoms with van der Waals surface area (Å²) >= 11 is 0.